The molecule has 4 aliphatic heterocycles. The van der Waals surface area contributed by atoms with Gasteiger partial charge in [-0.2, -0.15) is 0 Å². The highest BCUT2D eigenvalue weighted by Gasteiger charge is 2.73. The van der Waals surface area contributed by atoms with Crippen LogP contribution in [0.4, 0.5) is 5.69 Å². The Morgan fingerprint density at radius 2 is 2.25 bits per heavy atom. The second-order valence-electron chi connectivity index (χ2n) is 8.86. The van der Waals surface area contributed by atoms with E-state index in [0.29, 0.717) is 18.6 Å². The van der Waals surface area contributed by atoms with Crippen LogP contribution in [0.5, 0.6) is 5.75 Å². The van der Waals surface area contributed by atoms with Gasteiger partial charge >= 0.3 is 5.97 Å². The first-order valence-electron chi connectivity index (χ1n) is 10.3. The summed E-state index contributed by atoms with van der Waals surface area (Å²) < 4.78 is 16.9. The highest BCUT2D eigenvalue weighted by atomic mass is 16.6. The summed E-state index contributed by atoms with van der Waals surface area (Å²) in [5, 5.41) is 3.63. The largest absolute Gasteiger partial charge is 0.497 e. The molecule has 148 valence electrons. The van der Waals surface area contributed by atoms with Gasteiger partial charge in [0.2, 0.25) is 0 Å². The number of anilines is 1. The number of methoxy groups -OCH3 is 2. The molecule has 0 amide bonds. The van der Waals surface area contributed by atoms with Crippen molar-refractivity contribution in [3.8, 4) is 5.75 Å². The van der Waals surface area contributed by atoms with Crippen molar-refractivity contribution < 1.29 is 19.0 Å². The number of hydrogen-bond acceptors (Lipinski definition) is 6. The maximum atomic E-state index is 12.9. The van der Waals surface area contributed by atoms with Gasteiger partial charge in [-0.25, -0.2) is 4.79 Å². The topological polar surface area (TPSA) is 63.3 Å². The van der Waals surface area contributed by atoms with E-state index >= 15 is 0 Å². The van der Waals surface area contributed by atoms with Crippen molar-refractivity contribution in [3.05, 3.63) is 35.0 Å². The normalized spacial score (nSPS) is 39.5. The third-order valence-corrected chi connectivity index (χ3v) is 8.04. The van der Waals surface area contributed by atoms with E-state index in [9.17, 15) is 4.79 Å². The van der Waals surface area contributed by atoms with E-state index in [0.717, 1.165) is 48.6 Å². The van der Waals surface area contributed by atoms with Crippen molar-refractivity contribution in [1.29, 1.82) is 0 Å². The summed E-state index contributed by atoms with van der Waals surface area (Å²) >= 11 is 0. The highest BCUT2D eigenvalue weighted by Crippen LogP contribution is 2.68. The third-order valence-electron chi connectivity index (χ3n) is 8.04. The van der Waals surface area contributed by atoms with Crippen LogP contribution in [-0.2, 0) is 19.7 Å². The van der Waals surface area contributed by atoms with Crippen molar-refractivity contribution in [3.63, 3.8) is 0 Å². The number of carbonyl (C=O) groups is 1. The number of nitrogens with one attached hydrogen (secondary N) is 1. The van der Waals surface area contributed by atoms with Gasteiger partial charge < -0.3 is 19.5 Å². The maximum Gasteiger partial charge on any atom is 0.335 e. The first-order chi connectivity index (χ1) is 13.6. The van der Waals surface area contributed by atoms with Crippen LogP contribution in [0.2, 0.25) is 0 Å². The van der Waals surface area contributed by atoms with Gasteiger partial charge in [-0.15, -0.1) is 0 Å². The number of nitrogens with zero attached hydrogens (tertiary/aromatic N) is 1. The fraction of sp³-hybridized carbons (Fsp3) is 0.591. The Bertz CT molecular complexity index is 927. The molecule has 0 bridgehead atoms. The van der Waals surface area contributed by atoms with E-state index in [1.54, 1.807) is 7.11 Å². The predicted octanol–water partition coefficient (Wildman–Crippen LogP) is 2.44. The molecule has 6 heteroatoms. The molecule has 28 heavy (non-hydrogen) atoms. The Morgan fingerprint density at radius 3 is 3.00 bits per heavy atom. The van der Waals surface area contributed by atoms with Gasteiger partial charge in [0.15, 0.2) is 0 Å². The number of carbonyl (C=O) groups excluding carboxylic acids is 1. The lowest BCUT2D eigenvalue weighted by molar-refractivity contribution is -0.137. The number of benzene rings is 1. The van der Waals surface area contributed by atoms with Crippen LogP contribution in [-0.4, -0.2) is 56.4 Å². The number of hydrogen-bond donors (Lipinski definition) is 1. The molecular formula is C22H26N2O4. The molecule has 3 saturated heterocycles. The van der Waals surface area contributed by atoms with Gasteiger partial charge in [0.25, 0.3) is 0 Å². The lowest BCUT2D eigenvalue weighted by atomic mass is 9.53. The molecule has 5 aliphatic rings. The SMILES string of the molecule is CC[C@]12CC(C(=O)OC)=C3Nc4cc(OC)ccc4C34CCN(CC3OC31)C42. The number of fused-ring (bicyclic) bond motifs is 3. The first kappa shape index (κ1) is 16.9. The zero-order valence-electron chi connectivity index (χ0n) is 16.6. The lowest BCUT2D eigenvalue weighted by Gasteiger charge is -2.54. The van der Waals surface area contributed by atoms with Crippen molar-refractivity contribution in [1.82, 2.24) is 4.90 Å². The number of epoxide rings is 1. The average molecular weight is 382 g/mol. The standard InChI is InChI=1S/C22H26N2O4/c1-4-21-10-13(19(25)27-3)17-22(14-6-5-12(26-2)9-15(14)23-17)7-8-24(20(21)22)11-16-18(21)28-16/h5-6,9,16,18,20,23H,4,7-8,10-11H2,1-3H3/t16?,18?,20?,21-,22?/m0/s1. The summed E-state index contributed by atoms with van der Waals surface area (Å²) in [6, 6.07) is 6.64. The van der Waals surface area contributed by atoms with Gasteiger partial charge in [0.05, 0.1) is 37.4 Å². The molecule has 5 atom stereocenters. The Kier molecular flexibility index (Phi) is 3.19. The van der Waals surface area contributed by atoms with E-state index in [-0.39, 0.29) is 22.9 Å². The summed E-state index contributed by atoms with van der Waals surface area (Å²) in [5.41, 5.74) is 3.95. The van der Waals surface area contributed by atoms with Crippen LogP contribution in [0.3, 0.4) is 0 Å². The van der Waals surface area contributed by atoms with Crippen molar-refractivity contribution in [2.45, 2.75) is 49.9 Å². The fourth-order valence-corrected chi connectivity index (χ4v) is 6.97. The van der Waals surface area contributed by atoms with Crippen LogP contribution < -0.4 is 10.1 Å². The van der Waals surface area contributed by atoms with Crippen LogP contribution in [0.15, 0.2) is 29.5 Å². The minimum Gasteiger partial charge on any atom is -0.497 e. The lowest BCUT2D eigenvalue weighted by Crippen LogP contribution is -2.63. The fourth-order valence-electron chi connectivity index (χ4n) is 6.97. The molecule has 1 aliphatic carbocycles. The Morgan fingerprint density at radius 1 is 1.39 bits per heavy atom. The minimum atomic E-state index is -0.214. The molecule has 0 saturated carbocycles. The van der Waals surface area contributed by atoms with Gasteiger partial charge in [0, 0.05) is 35.5 Å². The summed E-state index contributed by atoms with van der Waals surface area (Å²) in [6.07, 6.45) is 3.29. The number of piperidine rings is 1. The Hall–Kier alpha value is -2.05. The smallest absolute Gasteiger partial charge is 0.335 e. The number of esters is 1. The summed E-state index contributed by atoms with van der Waals surface area (Å²) in [5.74, 6) is 0.613. The molecule has 6 nitrogen and oxygen atoms in total. The number of rotatable bonds is 3. The van der Waals surface area contributed by atoms with E-state index in [1.165, 1.54) is 12.7 Å². The molecule has 1 spiro atoms. The summed E-state index contributed by atoms with van der Waals surface area (Å²) in [7, 11) is 3.17. The Labute approximate surface area is 164 Å². The van der Waals surface area contributed by atoms with Crippen LogP contribution in [0.25, 0.3) is 0 Å². The maximum absolute atomic E-state index is 12.9. The molecule has 0 aromatic heterocycles. The first-order valence-corrected chi connectivity index (χ1v) is 10.3. The van der Waals surface area contributed by atoms with E-state index in [2.05, 4.69) is 29.3 Å². The van der Waals surface area contributed by atoms with Crippen molar-refractivity contribution >= 4 is 11.7 Å². The number of ether oxygens (including phenoxy) is 3. The van der Waals surface area contributed by atoms with Crippen molar-refractivity contribution in [2.75, 3.05) is 32.6 Å². The third kappa shape index (κ3) is 1.75. The van der Waals surface area contributed by atoms with E-state index < -0.39 is 0 Å². The van der Waals surface area contributed by atoms with Crippen LogP contribution >= 0.6 is 0 Å². The van der Waals surface area contributed by atoms with E-state index in [4.69, 9.17) is 14.2 Å². The summed E-state index contributed by atoms with van der Waals surface area (Å²) in [4.78, 5) is 15.5. The molecule has 1 aromatic rings. The Balaban J connectivity index is 1.63. The molecule has 6 rings (SSSR count). The van der Waals surface area contributed by atoms with Gasteiger partial charge in [-0.05, 0) is 37.4 Å². The van der Waals surface area contributed by atoms with Crippen LogP contribution in [0.1, 0.15) is 31.7 Å². The second-order valence-corrected chi connectivity index (χ2v) is 8.86. The zero-order valence-corrected chi connectivity index (χ0v) is 16.6. The molecule has 3 fully saturated rings. The molecular weight excluding hydrogens is 356 g/mol. The molecule has 1 N–H and O–H groups in total. The van der Waals surface area contributed by atoms with Gasteiger partial charge in [0.1, 0.15) is 5.75 Å². The van der Waals surface area contributed by atoms with Crippen molar-refractivity contribution in [2.24, 2.45) is 5.41 Å². The second kappa shape index (κ2) is 5.30. The molecule has 4 unspecified atom stereocenters. The molecule has 1 aromatic carbocycles. The quantitative estimate of drug-likeness (QED) is 0.640. The van der Waals surface area contributed by atoms with Gasteiger partial charge in [-0.1, -0.05) is 13.0 Å². The summed E-state index contributed by atoms with van der Waals surface area (Å²) in [6.45, 7) is 4.29. The minimum absolute atomic E-state index is 0.0460. The predicted molar refractivity (Wildman–Crippen MR) is 103 cm³/mol. The average Bonchev–Trinajstić information content (AvgIpc) is 3.31. The van der Waals surface area contributed by atoms with Gasteiger partial charge in [-0.3, -0.25) is 4.90 Å². The highest BCUT2D eigenvalue weighted by molar-refractivity contribution is 5.93. The molecule has 4 heterocycles. The monoisotopic (exact) mass is 382 g/mol. The van der Waals surface area contributed by atoms with E-state index in [1.807, 2.05) is 6.07 Å². The zero-order chi connectivity index (χ0) is 19.3. The molecule has 0 radical (unpaired) electrons. The van der Waals surface area contributed by atoms with Crippen LogP contribution in [0, 0.1) is 5.41 Å².